The highest BCUT2D eigenvalue weighted by molar-refractivity contribution is 7.90. The minimum atomic E-state index is -3.39. The summed E-state index contributed by atoms with van der Waals surface area (Å²) in [4.78, 5) is 16.0. The third-order valence-corrected chi connectivity index (χ3v) is 6.97. The quantitative estimate of drug-likeness (QED) is 0.419. The van der Waals surface area contributed by atoms with Crippen molar-refractivity contribution in [2.75, 3.05) is 19.5 Å². The second kappa shape index (κ2) is 8.71. The van der Waals surface area contributed by atoms with E-state index >= 15 is 0 Å². The van der Waals surface area contributed by atoms with E-state index in [1.165, 1.54) is 30.5 Å². The summed E-state index contributed by atoms with van der Waals surface area (Å²) < 4.78 is 47.0. The summed E-state index contributed by atoms with van der Waals surface area (Å²) >= 11 is 5.62. The lowest BCUT2D eigenvalue weighted by Crippen LogP contribution is -2.84. The maximum absolute atomic E-state index is 13.4. The van der Waals surface area contributed by atoms with Gasteiger partial charge in [-0.2, -0.15) is 0 Å². The van der Waals surface area contributed by atoms with E-state index in [1.54, 1.807) is 0 Å². The number of nitrogens with zero attached hydrogens (tertiary/aromatic N) is 1. The molecule has 3 aliphatic rings. The SMILES string of the molecule is CS(=O)(=O)c1ccc(OCC(O)NC23CC(NC(=O)COc4ccc(Cl)c(F)c4)(C2)C3)cn1. The van der Waals surface area contributed by atoms with Crippen molar-refractivity contribution in [1.29, 1.82) is 0 Å². The van der Waals surface area contributed by atoms with E-state index in [0.717, 1.165) is 12.3 Å². The Kier molecular flexibility index (Phi) is 6.25. The van der Waals surface area contributed by atoms with Gasteiger partial charge in [0, 0.05) is 23.4 Å². The standard InChI is InChI=1S/C21H23ClFN3O6S/c1-33(29,30)19-5-3-14(7-24-19)32-9-18(28)26-21-10-20(11-21,12-21)25-17(27)8-31-13-2-4-15(22)16(23)6-13/h2-7,18,26,28H,8-12H2,1H3,(H,25,27). The number of carbonyl (C=O) groups excluding carboxylic acids is 1. The van der Waals surface area contributed by atoms with Crippen molar-refractivity contribution in [3.8, 4) is 11.5 Å². The number of carbonyl (C=O) groups is 1. The first-order valence-electron chi connectivity index (χ1n) is 10.1. The molecule has 3 N–H and O–H groups in total. The Balaban J connectivity index is 1.17. The van der Waals surface area contributed by atoms with Gasteiger partial charge in [-0.05, 0) is 43.5 Å². The van der Waals surface area contributed by atoms with Gasteiger partial charge in [-0.3, -0.25) is 10.1 Å². The van der Waals surface area contributed by atoms with Crippen LogP contribution in [0.5, 0.6) is 11.5 Å². The number of sulfone groups is 1. The van der Waals surface area contributed by atoms with Crippen molar-refractivity contribution in [2.45, 2.75) is 41.6 Å². The molecule has 2 aromatic rings. The number of hydrogen-bond donors (Lipinski definition) is 3. The van der Waals surface area contributed by atoms with E-state index in [1.807, 2.05) is 0 Å². The van der Waals surface area contributed by atoms with E-state index in [9.17, 15) is 22.7 Å². The van der Waals surface area contributed by atoms with E-state index in [4.69, 9.17) is 21.1 Å². The summed E-state index contributed by atoms with van der Waals surface area (Å²) in [5.74, 6) is -0.378. The highest BCUT2D eigenvalue weighted by atomic mass is 35.5. The molecule has 33 heavy (non-hydrogen) atoms. The van der Waals surface area contributed by atoms with Crippen LogP contribution in [-0.2, 0) is 14.6 Å². The smallest absolute Gasteiger partial charge is 0.258 e. The van der Waals surface area contributed by atoms with Crippen molar-refractivity contribution in [1.82, 2.24) is 15.6 Å². The first-order chi connectivity index (χ1) is 15.5. The third-order valence-electron chi connectivity index (χ3n) is 5.67. The molecule has 1 heterocycles. The fraction of sp³-hybridized carbons (Fsp3) is 0.429. The van der Waals surface area contributed by atoms with E-state index < -0.39 is 21.9 Å². The number of nitrogens with one attached hydrogen (secondary N) is 2. The Bertz CT molecular complexity index is 1140. The van der Waals surface area contributed by atoms with Crippen molar-refractivity contribution in [3.63, 3.8) is 0 Å². The average Bonchev–Trinajstić information content (AvgIpc) is 2.70. The lowest BCUT2D eigenvalue weighted by atomic mass is 9.44. The number of rotatable bonds is 10. The summed E-state index contributed by atoms with van der Waals surface area (Å²) in [7, 11) is -3.39. The summed E-state index contributed by atoms with van der Waals surface area (Å²) in [5.41, 5.74) is -0.598. The molecule has 3 aliphatic carbocycles. The number of ether oxygens (including phenoxy) is 2. The lowest BCUT2D eigenvalue weighted by Gasteiger charge is -2.71. The number of aliphatic hydroxyl groups is 1. The zero-order chi connectivity index (χ0) is 23.9. The molecule has 178 valence electrons. The molecule has 3 saturated carbocycles. The molecule has 0 spiro atoms. The topological polar surface area (TPSA) is 127 Å². The Labute approximate surface area is 195 Å². The van der Waals surface area contributed by atoms with Crippen molar-refractivity contribution >= 4 is 27.3 Å². The van der Waals surface area contributed by atoms with E-state index in [-0.39, 0.29) is 46.0 Å². The highest BCUT2D eigenvalue weighted by Gasteiger charge is 2.68. The second-order valence-corrected chi connectivity index (χ2v) is 10.9. The Morgan fingerprint density at radius 2 is 1.91 bits per heavy atom. The van der Waals surface area contributed by atoms with Crippen molar-refractivity contribution < 1.29 is 32.2 Å². The summed E-state index contributed by atoms with van der Waals surface area (Å²) in [6.45, 7) is -0.293. The van der Waals surface area contributed by atoms with Gasteiger partial charge in [-0.25, -0.2) is 17.8 Å². The molecule has 1 aromatic heterocycles. The number of halogens is 2. The van der Waals surface area contributed by atoms with Gasteiger partial charge in [0.25, 0.3) is 5.91 Å². The number of amides is 1. The van der Waals surface area contributed by atoms with Crippen LogP contribution in [0, 0.1) is 5.82 Å². The lowest BCUT2D eigenvalue weighted by molar-refractivity contribution is -0.152. The molecule has 12 heteroatoms. The minimum absolute atomic E-state index is 0.0208. The molecular formula is C21H23ClFN3O6S. The summed E-state index contributed by atoms with van der Waals surface area (Å²) in [6, 6.07) is 6.78. The second-order valence-electron chi connectivity index (χ2n) is 8.58. The molecule has 3 fully saturated rings. The van der Waals surface area contributed by atoms with Crippen molar-refractivity contribution in [2.24, 2.45) is 0 Å². The molecule has 1 unspecified atom stereocenters. The monoisotopic (exact) mass is 499 g/mol. The van der Waals surface area contributed by atoms with E-state index in [0.29, 0.717) is 25.0 Å². The van der Waals surface area contributed by atoms with Gasteiger partial charge < -0.3 is 19.9 Å². The predicted octanol–water partition coefficient (Wildman–Crippen LogP) is 1.43. The minimum Gasteiger partial charge on any atom is -0.488 e. The van der Waals surface area contributed by atoms with Gasteiger partial charge in [0.2, 0.25) is 0 Å². The van der Waals surface area contributed by atoms with Crippen LogP contribution in [0.4, 0.5) is 4.39 Å². The molecule has 2 bridgehead atoms. The molecule has 0 aliphatic heterocycles. The van der Waals surface area contributed by atoms with Crippen LogP contribution in [0.15, 0.2) is 41.6 Å². The Morgan fingerprint density at radius 1 is 1.21 bits per heavy atom. The number of benzene rings is 1. The van der Waals surface area contributed by atoms with Crippen LogP contribution in [0.1, 0.15) is 19.3 Å². The highest BCUT2D eigenvalue weighted by Crippen LogP contribution is 2.60. The maximum atomic E-state index is 13.4. The van der Waals surface area contributed by atoms with Crippen LogP contribution in [-0.4, -0.2) is 61.2 Å². The third kappa shape index (κ3) is 5.37. The van der Waals surface area contributed by atoms with Gasteiger partial charge in [0.1, 0.15) is 30.2 Å². The zero-order valence-electron chi connectivity index (χ0n) is 17.7. The molecule has 9 nitrogen and oxygen atoms in total. The van der Waals surface area contributed by atoms with Crippen molar-refractivity contribution in [3.05, 3.63) is 47.4 Å². The number of aromatic nitrogens is 1. The summed E-state index contributed by atoms with van der Waals surface area (Å²) in [5, 5.41) is 16.2. The number of aliphatic hydroxyl groups excluding tert-OH is 1. The van der Waals surface area contributed by atoms with E-state index in [2.05, 4.69) is 15.6 Å². The van der Waals surface area contributed by atoms with Crippen LogP contribution in [0.25, 0.3) is 0 Å². The normalized spacial score (nSPS) is 24.2. The predicted molar refractivity (Wildman–Crippen MR) is 116 cm³/mol. The maximum Gasteiger partial charge on any atom is 0.258 e. The summed E-state index contributed by atoms with van der Waals surface area (Å²) in [6.07, 6.45) is 3.37. The molecule has 1 atom stereocenters. The molecule has 1 amide bonds. The van der Waals surface area contributed by atoms with Crippen LogP contribution in [0.3, 0.4) is 0 Å². The first kappa shape index (κ1) is 23.7. The molecule has 1 aromatic carbocycles. The molecule has 0 radical (unpaired) electrons. The van der Waals surface area contributed by atoms with Gasteiger partial charge in [0.05, 0.1) is 11.2 Å². The molecule has 5 rings (SSSR count). The number of hydrogen-bond acceptors (Lipinski definition) is 8. The van der Waals surface area contributed by atoms with Crippen LogP contribution in [0.2, 0.25) is 5.02 Å². The van der Waals surface area contributed by atoms with Gasteiger partial charge in [0.15, 0.2) is 21.5 Å². The van der Waals surface area contributed by atoms with Crippen LogP contribution >= 0.6 is 11.6 Å². The van der Waals surface area contributed by atoms with Gasteiger partial charge >= 0.3 is 0 Å². The van der Waals surface area contributed by atoms with Crippen LogP contribution < -0.4 is 20.1 Å². The fourth-order valence-electron chi connectivity index (χ4n) is 4.36. The number of pyridine rings is 1. The molecular weight excluding hydrogens is 477 g/mol. The van der Waals surface area contributed by atoms with Gasteiger partial charge in [-0.1, -0.05) is 11.6 Å². The fourth-order valence-corrected chi connectivity index (χ4v) is 5.04. The Hall–Kier alpha value is -2.47. The zero-order valence-corrected chi connectivity index (χ0v) is 19.2. The average molecular weight is 500 g/mol. The first-order valence-corrected chi connectivity index (χ1v) is 12.4. The van der Waals surface area contributed by atoms with Gasteiger partial charge in [-0.15, -0.1) is 0 Å². The molecule has 0 saturated heterocycles. The Morgan fingerprint density at radius 3 is 2.52 bits per heavy atom. The largest absolute Gasteiger partial charge is 0.488 e.